The number of aromatic nitrogens is 2. The largest absolute Gasteiger partial charge is 0.476 e. The Hall–Kier alpha value is -1.85. The molecule has 1 aromatic rings. The summed E-state index contributed by atoms with van der Waals surface area (Å²) in [6, 6.07) is 0. The molecule has 3 N–H and O–H groups in total. The monoisotopic (exact) mass is 285 g/mol. The van der Waals surface area contributed by atoms with Gasteiger partial charge >= 0.3 is 5.97 Å². The van der Waals surface area contributed by atoms with Crippen LogP contribution < -0.4 is 4.72 Å². The van der Waals surface area contributed by atoms with Crippen LogP contribution in [0.2, 0.25) is 0 Å². The van der Waals surface area contributed by atoms with Crippen molar-refractivity contribution in [2.24, 2.45) is 0 Å². The van der Waals surface area contributed by atoms with Gasteiger partial charge in [-0.05, 0) is 19.8 Å². The fourth-order valence-electron chi connectivity index (χ4n) is 1.52. The molecule has 0 bridgehead atoms. The highest BCUT2D eigenvalue weighted by Crippen LogP contribution is 2.17. The number of terminal acetylenes is 1. The number of hydrogen-bond acceptors (Lipinski definition) is 4. The van der Waals surface area contributed by atoms with Crippen molar-refractivity contribution in [3.05, 3.63) is 11.4 Å². The summed E-state index contributed by atoms with van der Waals surface area (Å²) in [5.41, 5.74) is -0.317. The first-order valence-corrected chi connectivity index (χ1v) is 7.10. The second kappa shape index (κ2) is 6.36. The van der Waals surface area contributed by atoms with E-state index in [-0.39, 0.29) is 17.1 Å². The molecule has 0 saturated heterocycles. The maximum Gasteiger partial charge on any atom is 0.357 e. The molecule has 0 aliphatic carbocycles. The number of unbranched alkanes of at least 4 members (excludes halogenated alkanes) is 2. The number of H-pyrrole nitrogens is 1. The minimum atomic E-state index is -3.89. The second-order valence-electron chi connectivity index (χ2n) is 3.89. The maximum absolute atomic E-state index is 12.0. The third-order valence-corrected chi connectivity index (χ3v) is 4.02. The Morgan fingerprint density at radius 3 is 2.79 bits per heavy atom. The van der Waals surface area contributed by atoms with Crippen molar-refractivity contribution < 1.29 is 18.3 Å². The van der Waals surface area contributed by atoms with Crippen molar-refractivity contribution in [3.63, 3.8) is 0 Å². The summed E-state index contributed by atoms with van der Waals surface area (Å²) in [4.78, 5) is 10.6. The number of carboxylic acids is 1. The standard InChI is InChI=1S/C11H15N3O4S/c1-3-4-5-6-7-12-19(17,18)10-8(2)13-14-9(10)11(15)16/h1,12H,4-7H2,2H3,(H,13,14)(H,15,16). The molecule has 104 valence electrons. The third kappa shape index (κ3) is 3.81. The molecule has 1 heterocycles. The minimum absolute atomic E-state index is 0.188. The Morgan fingerprint density at radius 1 is 1.53 bits per heavy atom. The van der Waals surface area contributed by atoms with Crippen LogP contribution in [0.15, 0.2) is 4.90 Å². The van der Waals surface area contributed by atoms with Crippen LogP contribution in [0.5, 0.6) is 0 Å². The predicted octanol–water partition coefficient (Wildman–Crippen LogP) is 0.498. The van der Waals surface area contributed by atoms with Crippen molar-refractivity contribution in [3.8, 4) is 12.3 Å². The van der Waals surface area contributed by atoms with Crippen LogP contribution in [0.4, 0.5) is 0 Å². The molecule has 0 unspecified atom stereocenters. The number of carboxylic acid groups (broad SMARTS) is 1. The summed E-state index contributed by atoms with van der Waals surface area (Å²) in [5.74, 6) is 1.06. The first-order valence-electron chi connectivity index (χ1n) is 5.61. The summed E-state index contributed by atoms with van der Waals surface area (Å²) in [6.07, 6.45) is 6.95. The van der Waals surface area contributed by atoms with E-state index in [2.05, 4.69) is 20.8 Å². The van der Waals surface area contributed by atoms with Crippen molar-refractivity contribution in [1.82, 2.24) is 14.9 Å². The molecule has 19 heavy (non-hydrogen) atoms. The normalized spacial score (nSPS) is 11.2. The molecule has 0 aromatic carbocycles. The first kappa shape index (κ1) is 15.2. The number of nitrogens with one attached hydrogen (secondary N) is 2. The SMILES string of the molecule is C#CCCCCNS(=O)(=O)c1c(C(=O)O)n[nH]c1C. The number of sulfonamides is 1. The molecule has 1 rings (SSSR count). The van der Waals surface area contributed by atoms with E-state index in [1.165, 1.54) is 6.92 Å². The predicted molar refractivity (Wildman–Crippen MR) is 68.2 cm³/mol. The van der Waals surface area contributed by atoms with Crippen LogP contribution in [-0.2, 0) is 10.0 Å². The molecular weight excluding hydrogens is 270 g/mol. The van der Waals surface area contributed by atoms with E-state index in [4.69, 9.17) is 11.5 Å². The third-order valence-electron chi connectivity index (χ3n) is 2.40. The van der Waals surface area contributed by atoms with Gasteiger partial charge in [-0.25, -0.2) is 17.9 Å². The summed E-state index contributed by atoms with van der Waals surface area (Å²) in [5, 5.41) is 14.7. The highest BCUT2D eigenvalue weighted by Gasteiger charge is 2.27. The Labute approximate surface area is 111 Å². The molecule has 0 amide bonds. The van der Waals surface area contributed by atoms with Gasteiger partial charge in [0.15, 0.2) is 5.69 Å². The van der Waals surface area contributed by atoms with E-state index in [1.807, 2.05) is 0 Å². The molecule has 8 heteroatoms. The summed E-state index contributed by atoms with van der Waals surface area (Å²) >= 11 is 0. The van der Waals surface area contributed by atoms with Gasteiger partial charge in [0, 0.05) is 13.0 Å². The first-order chi connectivity index (χ1) is 8.90. The molecule has 0 radical (unpaired) electrons. The zero-order valence-electron chi connectivity index (χ0n) is 10.4. The quantitative estimate of drug-likeness (QED) is 0.499. The number of carbonyl (C=O) groups is 1. The topological polar surface area (TPSA) is 112 Å². The van der Waals surface area contributed by atoms with Gasteiger partial charge in [-0.3, -0.25) is 5.10 Å². The number of hydrogen-bond donors (Lipinski definition) is 3. The van der Waals surface area contributed by atoms with Gasteiger partial charge in [0.05, 0.1) is 5.69 Å². The minimum Gasteiger partial charge on any atom is -0.476 e. The molecule has 0 spiro atoms. The molecule has 0 aliphatic rings. The summed E-state index contributed by atoms with van der Waals surface area (Å²) < 4.78 is 26.3. The van der Waals surface area contributed by atoms with Crippen LogP contribution in [0, 0.1) is 19.3 Å². The van der Waals surface area contributed by atoms with Crippen molar-refractivity contribution in [2.75, 3.05) is 6.54 Å². The van der Waals surface area contributed by atoms with Crippen LogP contribution in [0.3, 0.4) is 0 Å². The number of aromatic amines is 1. The lowest BCUT2D eigenvalue weighted by Gasteiger charge is -2.06. The molecule has 0 saturated carbocycles. The van der Waals surface area contributed by atoms with Crippen LogP contribution in [-0.4, -0.2) is 36.2 Å². The van der Waals surface area contributed by atoms with E-state index in [1.54, 1.807) is 0 Å². The summed E-state index contributed by atoms with van der Waals surface area (Å²) in [6.45, 7) is 1.65. The maximum atomic E-state index is 12.0. The van der Waals surface area contributed by atoms with Crippen LogP contribution >= 0.6 is 0 Å². The van der Waals surface area contributed by atoms with Gasteiger partial charge in [-0.2, -0.15) is 5.10 Å². The Kier molecular flexibility index (Phi) is 5.09. The fourth-order valence-corrected chi connectivity index (χ4v) is 2.92. The van der Waals surface area contributed by atoms with Gasteiger partial charge < -0.3 is 5.11 Å². The van der Waals surface area contributed by atoms with Crippen LogP contribution in [0.25, 0.3) is 0 Å². The van der Waals surface area contributed by atoms with E-state index in [9.17, 15) is 13.2 Å². The lowest BCUT2D eigenvalue weighted by Crippen LogP contribution is -2.26. The lowest BCUT2D eigenvalue weighted by molar-refractivity contribution is 0.0686. The van der Waals surface area contributed by atoms with E-state index >= 15 is 0 Å². The van der Waals surface area contributed by atoms with Crippen LogP contribution in [0.1, 0.15) is 35.4 Å². The van der Waals surface area contributed by atoms with Crippen molar-refractivity contribution in [2.45, 2.75) is 31.1 Å². The molecule has 0 atom stereocenters. The molecule has 7 nitrogen and oxygen atoms in total. The molecule has 1 aromatic heterocycles. The Balaban J connectivity index is 2.81. The molecule has 0 fully saturated rings. The molecule has 0 aliphatic heterocycles. The van der Waals surface area contributed by atoms with Gasteiger partial charge in [-0.1, -0.05) is 0 Å². The van der Waals surface area contributed by atoms with E-state index in [0.29, 0.717) is 19.3 Å². The van der Waals surface area contributed by atoms with E-state index < -0.39 is 21.7 Å². The number of aryl methyl sites for hydroxylation is 1. The Bertz CT molecular complexity index is 598. The highest BCUT2D eigenvalue weighted by molar-refractivity contribution is 7.89. The van der Waals surface area contributed by atoms with Gasteiger partial charge in [0.2, 0.25) is 10.0 Å². The summed E-state index contributed by atoms with van der Waals surface area (Å²) in [7, 11) is -3.89. The zero-order chi connectivity index (χ0) is 14.5. The van der Waals surface area contributed by atoms with E-state index in [0.717, 1.165) is 0 Å². The number of aromatic carboxylic acids is 1. The van der Waals surface area contributed by atoms with Crippen molar-refractivity contribution >= 4 is 16.0 Å². The number of rotatable bonds is 7. The number of nitrogens with zero attached hydrogens (tertiary/aromatic N) is 1. The Morgan fingerprint density at radius 2 is 2.21 bits per heavy atom. The van der Waals surface area contributed by atoms with Crippen molar-refractivity contribution in [1.29, 1.82) is 0 Å². The average Bonchev–Trinajstić information content (AvgIpc) is 2.71. The van der Waals surface area contributed by atoms with Gasteiger partial charge in [0.25, 0.3) is 0 Å². The fraction of sp³-hybridized carbons (Fsp3) is 0.455. The smallest absolute Gasteiger partial charge is 0.357 e. The van der Waals surface area contributed by atoms with Gasteiger partial charge in [-0.15, -0.1) is 12.3 Å². The van der Waals surface area contributed by atoms with Gasteiger partial charge in [0.1, 0.15) is 4.90 Å². The lowest BCUT2D eigenvalue weighted by atomic mass is 10.2. The average molecular weight is 285 g/mol. The highest BCUT2D eigenvalue weighted by atomic mass is 32.2. The second-order valence-corrected chi connectivity index (χ2v) is 5.59. The zero-order valence-corrected chi connectivity index (χ0v) is 11.2. The molecular formula is C11H15N3O4S.